The van der Waals surface area contributed by atoms with Gasteiger partial charge >= 0.3 is 6.18 Å². The molecule has 1 aromatic carbocycles. The van der Waals surface area contributed by atoms with Gasteiger partial charge in [-0.2, -0.15) is 13.2 Å². The van der Waals surface area contributed by atoms with Crippen LogP contribution in [0.5, 0.6) is 0 Å². The van der Waals surface area contributed by atoms with Crippen molar-refractivity contribution in [1.29, 1.82) is 0 Å². The normalized spacial score (nSPS) is 13.9. The summed E-state index contributed by atoms with van der Waals surface area (Å²) in [7, 11) is 0. The number of rotatable bonds is 3. The summed E-state index contributed by atoms with van der Waals surface area (Å²) in [5.41, 5.74) is 6.99. The lowest BCUT2D eigenvalue weighted by Crippen LogP contribution is -2.37. The first-order valence-electron chi connectivity index (χ1n) is 4.77. The zero-order valence-electron chi connectivity index (χ0n) is 8.51. The lowest BCUT2D eigenvalue weighted by atomic mass is 10.0. The molecule has 0 heterocycles. The van der Waals surface area contributed by atoms with Gasteiger partial charge in [0.15, 0.2) is 0 Å². The summed E-state index contributed by atoms with van der Waals surface area (Å²) in [6, 6.07) is 5.71. The molecule has 15 heavy (non-hydrogen) atoms. The molecule has 0 aliphatic heterocycles. The van der Waals surface area contributed by atoms with E-state index in [0.717, 1.165) is 11.1 Å². The predicted molar refractivity (Wildman–Crippen MR) is 53.5 cm³/mol. The number of nitrogens with two attached hydrogens (primary N) is 1. The minimum absolute atomic E-state index is 0.0629. The number of hydrogen-bond donors (Lipinski definition) is 1. The van der Waals surface area contributed by atoms with Crippen molar-refractivity contribution in [2.75, 3.05) is 0 Å². The smallest absolute Gasteiger partial charge is 0.320 e. The van der Waals surface area contributed by atoms with Crippen LogP contribution in [0.15, 0.2) is 24.3 Å². The summed E-state index contributed by atoms with van der Waals surface area (Å²) in [6.45, 7) is 1.94. The van der Waals surface area contributed by atoms with Crippen LogP contribution in [-0.2, 0) is 6.42 Å². The Kier molecular flexibility index (Phi) is 3.74. The summed E-state index contributed by atoms with van der Waals surface area (Å²) in [5.74, 6) is 0. The molecule has 0 bridgehead atoms. The zero-order chi connectivity index (χ0) is 11.5. The van der Waals surface area contributed by atoms with Crippen molar-refractivity contribution in [2.24, 2.45) is 5.73 Å². The van der Waals surface area contributed by atoms with Crippen LogP contribution in [0.4, 0.5) is 13.2 Å². The third kappa shape index (κ3) is 3.91. The maximum atomic E-state index is 12.1. The molecule has 4 heteroatoms. The number of aryl methyl sites for hydroxylation is 2. The molecule has 0 aliphatic rings. The first-order chi connectivity index (χ1) is 6.89. The summed E-state index contributed by atoms with van der Waals surface area (Å²) >= 11 is 0. The molecule has 0 fully saturated rings. The average molecular weight is 217 g/mol. The molecule has 1 nitrogen and oxygen atoms in total. The van der Waals surface area contributed by atoms with Crippen LogP contribution in [-0.4, -0.2) is 12.2 Å². The number of benzene rings is 1. The van der Waals surface area contributed by atoms with E-state index < -0.39 is 12.2 Å². The van der Waals surface area contributed by atoms with Crippen molar-refractivity contribution in [1.82, 2.24) is 0 Å². The second kappa shape index (κ2) is 4.66. The van der Waals surface area contributed by atoms with Gasteiger partial charge in [-0.1, -0.05) is 29.8 Å². The molecule has 0 amide bonds. The lowest BCUT2D eigenvalue weighted by molar-refractivity contribution is -0.148. The van der Waals surface area contributed by atoms with Crippen LogP contribution >= 0.6 is 0 Å². The van der Waals surface area contributed by atoms with E-state index in [1.807, 2.05) is 31.2 Å². The van der Waals surface area contributed by atoms with Crippen molar-refractivity contribution < 1.29 is 13.2 Å². The highest BCUT2D eigenvalue weighted by molar-refractivity contribution is 5.21. The minimum atomic E-state index is -4.29. The molecule has 1 atom stereocenters. The summed E-state index contributed by atoms with van der Waals surface area (Å²) in [6.07, 6.45) is -3.99. The molecule has 2 N–H and O–H groups in total. The molecule has 0 radical (unpaired) electrons. The Balaban J connectivity index is 2.47. The molecule has 0 aromatic heterocycles. The topological polar surface area (TPSA) is 26.0 Å². The quantitative estimate of drug-likeness (QED) is 0.827. The van der Waals surface area contributed by atoms with Crippen LogP contribution < -0.4 is 5.73 Å². The van der Waals surface area contributed by atoms with Gasteiger partial charge in [-0.05, 0) is 25.3 Å². The lowest BCUT2D eigenvalue weighted by Gasteiger charge is -2.15. The molecule has 0 aliphatic carbocycles. The summed E-state index contributed by atoms with van der Waals surface area (Å²) in [4.78, 5) is 0. The molecule has 0 unspecified atom stereocenters. The summed E-state index contributed by atoms with van der Waals surface area (Å²) in [5, 5.41) is 0. The van der Waals surface area contributed by atoms with E-state index in [-0.39, 0.29) is 6.42 Å². The summed E-state index contributed by atoms with van der Waals surface area (Å²) < 4.78 is 36.3. The molecule has 1 rings (SSSR count). The Hall–Kier alpha value is -1.03. The van der Waals surface area contributed by atoms with Crippen molar-refractivity contribution >= 4 is 0 Å². The number of hydrogen-bond acceptors (Lipinski definition) is 1. The predicted octanol–water partition coefficient (Wildman–Crippen LogP) is 2.82. The Morgan fingerprint density at radius 2 is 1.73 bits per heavy atom. The highest BCUT2D eigenvalue weighted by atomic mass is 19.4. The minimum Gasteiger partial charge on any atom is -0.320 e. The number of halogens is 3. The van der Waals surface area contributed by atoms with E-state index in [1.165, 1.54) is 0 Å². The van der Waals surface area contributed by atoms with Crippen LogP contribution in [0.25, 0.3) is 0 Å². The van der Waals surface area contributed by atoms with Gasteiger partial charge < -0.3 is 5.73 Å². The van der Waals surface area contributed by atoms with E-state index in [0.29, 0.717) is 6.42 Å². The largest absolute Gasteiger partial charge is 0.403 e. The SMILES string of the molecule is Cc1ccc(CC[C@H](N)C(F)(F)F)cc1. The fourth-order valence-corrected chi connectivity index (χ4v) is 1.24. The standard InChI is InChI=1S/C11H14F3N/c1-8-2-4-9(5-3-8)6-7-10(15)11(12,13)14/h2-5,10H,6-7,15H2,1H3/t10-/m0/s1. The number of alkyl halides is 3. The second-order valence-electron chi connectivity index (χ2n) is 3.67. The van der Waals surface area contributed by atoms with Gasteiger partial charge in [0.25, 0.3) is 0 Å². The maximum Gasteiger partial charge on any atom is 0.403 e. The van der Waals surface area contributed by atoms with E-state index in [2.05, 4.69) is 0 Å². The molecular formula is C11H14F3N. The monoisotopic (exact) mass is 217 g/mol. The highest BCUT2D eigenvalue weighted by Gasteiger charge is 2.35. The first kappa shape index (κ1) is 12.0. The first-order valence-corrected chi connectivity index (χ1v) is 4.77. The van der Waals surface area contributed by atoms with E-state index in [1.54, 1.807) is 0 Å². The Morgan fingerprint density at radius 1 is 1.20 bits per heavy atom. The molecule has 0 saturated carbocycles. The van der Waals surface area contributed by atoms with Gasteiger partial charge in [-0.15, -0.1) is 0 Å². The van der Waals surface area contributed by atoms with Gasteiger partial charge in [0.2, 0.25) is 0 Å². The van der Waals surface area contributed by atoms with Crippen LogP contribution in [0, 0.1) is 6.92 Å². The maximum absolute atomic E-state index is 12.1. The molecule has 0 saturated heterocycles. The van der Waals surface area contributed by atoms with Crippen LogP contribution in [0.1, 0.15) is 17.5 Å². The van der Waals surface area contributed by atoms with Crippen molar-refractivity contribution in [2.45, 2.75) is 32.0 Å². The van der Waals surface area contributed by atoms with Gasteiger partial charge in [0, 0.05) is 0 Å². The van der Waals surface area contributed by atoms with Crippen molar-refractivity contribution in [3.05, 3.63) is 35.4 Å². The average Bonchev–Trinajstić information content (AvgIpc) is 2.15. The zero-order valence-corrected chi connectivity index (χ0v) is 8.51. The van der Waals surface area contributed by atoms with Crippen molar-refractivity contribution in [3.63, 3.8) is 0 Å². The molecule has 1 aromatic rings. The molecular weight excluding hydrogens is 203 g/mol. The van der Waals surface area contributed by atoms with E-state index in [9.17, 15) is 13.2 Å². The molecule has 0 spiro atoms. The van der Waals surface area contributed by atoms with Crippen LogP contribution in [0.2, 0.25) is 0 Å². The van der Waals surface area contributed by atoms with E-state index >= 15 is 0 Å². The van der Waals surface area contributed by atoms with Gasteiger partial charge in [-0.25, -0.2) is 0 Å². The fraction of sp³-hybridized carbons (Fsp3) is 0.455. The second-order valence-corrected chi connectivity index (χ2v) is 3.67. The van der Waals surface area contributed by atoms with Gasteiger partial charge in [-0.3, -0.25) is 0 Å². The third-order valence-corrected chi connectivity index (χ3v) is 2.29. The fourth-order valence-electron chi connectivity index (χ4n) is 1.24. The van der Waals surface area contributed by atoms with Crippen molar-refractivity contribution in [3.8, 4) is 0 Å². The highest BCUT2D eigenvalue weighted by Crippen LogP contribution is 2.21. The Labute approximate surface area is 87.1 Å². The van der Waals surface area contributed by atoms with Gasteiger partial charge in [0.05, 0.1) is 0 Å². The Bertz CT molecular complexity index is 303. The molecule has 84 valence electrons. The van der Waals surface area contributed by atoms with E-state index in [4.69, 9.17) is 5.73 Å². The Morgan fingerprint density at radius 3 is 2.20 bits per heavy atom. The third-order valence-electron chi connectivity index (χ3n) is 2.29. The van der Waals surface area contributed by atoms with Crippen LogP contribution in [0.3, 0.4) is 0 Å². The van der Waals surface area contributed by atoms with Gasteiger partial charge in [0.1, 0.15) is 6.04 Å².